The SMILES string of the molecule is CNC(Cc1ccccc1C)c1ccc2c(c1)CC(=O)N2. The summed E-state index contributed by atoms with van der Waals surface area (Å²) in [7, 11) is 1.99. The second kappa shape index (κ2) is 5.70. The second-order valence-corrected chi connectivity index (χ2v) is 5.61. The van der Waals surface area contributed by atoms with Gasteiger partial charge in [0, 0.05) is 11.7 Å². The van der Waals surface area contributed by atoms with Crippen LogP contribution in [0.5, 0.6) is 0 Å². The van der Waals surface area contributed by atoms with Crippen LogP contribution in [0, 0.1) is 6.92 Å². The van der Waals surface area contributed by atoms with Gasteiger partial charge in [-0.25, -0.2) is 0 Å². The quantitative estimate of drug-likeness (QED) is 0.904. The summed E-state index contributed by atoms with van der Waals surface area (Å²) in [5.74, 6) is 0.0852. The monoisotopic (exact) mass is 280 g/mol. The molecule has 2 aromatic carbocycles. The van der Waals surface area contributed by atoms with Crippen LogP contribution >= 0.6 is 0 Å². The summed E-state index contributed by atoms with van der Waals surface area (Å²) < 4.78 is 0. The van der Waals surface area contributed by atoms with E-state index in [0.29, 0.717) is 6.42 Å². The first kappa shape index (κ1) is 13.8. The third kappa shape index (κ3) is 2.83. The molecule has 0 spiro atoms. The van der Waals surface area contributed by atoms with Gasteiger partial charge < -0.3 is 10.6 Å². The number of likely N-dealkylation sites (N-methyl/N-ethyl adjacent to an activating group) is 1. The van der Waals surface area contributed by atoms with E-state index in [1.807, 2.05) is 13.1 Å². The molecule has 0 aliphatic carbocycles. The van der Waals surface area contributed by atoms with Crippen molar-refractivity contribution < 1.29 is 4.79 Å². The van der Waals surface area contributed by atoms with Crippen molar-refractivity contribution in [3.63, 3.8) is 0 Å². The Kier molecular flexibility index (Phi) is 3.76. The van der Waals surface area contributed by atoms with Crippen molar-refractivity contribution in [2.45, 2.75) is 25.8 Å². The number of amides is 1. The van der Waals surface area contributed by atoms with Gasteiger partial charge in [0.05, 0.1) is 6.42 Å². The molecule has 0 fully saturated rings. The van der Waals surface area contributed by atoms with Gasteiger partial charge in [0.25, 0.3) is 0 Å². The number of carbonyl (C=O) groups is 1. The number of rotatable bonds is 4. The average molecular weight is 280 g/mol. The number of fused-ring (bicyclic) bond motifs is 1. The van der Waals surface area contributed by atoms with Crippen molar-refractivity contribution in [3.8, 4) is 0 Å². The predicted molar refractivity (Wildman–Crippen MR) is 85.5 cm³/mol. The van der Waals surface area contributed by atoms with Gasteiger partial charge in [-0.2, -0.15) is 0 Å². The van der Waals surface area contributed by atoms with Gasteiger partial charge in [-0.05, 0) is 48.7 Å². The molecule has 1 aliphatic rings. The molecule has 1 heterocycles. The Bertz CT molecular complexity index is 679. The third-order valence-corrected chi connectivity index (χ3v) is 4.19. The molecule has 1 unspecified atom stereocenters. The first-order chi connectivity index (χ1) is 10.2. The standard InChI is InChI=1S/C18H20N2O/c1-12-5-3-4-6-13(12)10-17(19-2)14-7-8-16-15(9-14)11-18(21)20-16/h3-9,17,19H,10-11H2,1-2H3,(H,20,21). The Morgan fingerprint density at radius 2 is 2.05 bits per heavy atom. The maximum atomic E-state index is 11.5. The minimum atomic E-state index is 0.0852. The average Bonchev–Trinajstić information content (AvgIpc) is 2.85. The molecule has 3 nitrogen and oxygen atoms in total. The smallest absolute Gasteiger partial charge is 0.228 e. The molecule has 108 valence electrons. The van der Waals surface area contributed by atoms with Gasteiger partial charge in [0.15, 0.2) is 0 Å². The molecule has 3 rings (SSSR count). The maximum absolute atomic E-state index is 11.5. The fourth-order valence-electron chi connectivity index (χ4n) is 2.91. The molecular formula is C18H20N2O. The minimum absolute atomic E-state index is 0.0852. The van der Waals surface area contributed by atoms with Gasteiger partial charge in [-0.1, -0.05) is 36.4 Å². The number of hydrogen-bond donors (Lipinski definition) is 2. The first-order valence-electron chi connectivity index (χ1n) is 7.32. The Morgan fingerprint density at radius 3 is 2.81 bits per heavy atom. The van der Waals surface area contributed by atoms with Crippen LogP contribution in [0.1, 0.15) is 28.3 Å². The van der Waals surface area contributed by atoms with E-state index in [1.165, 1.54) is 16.7 Å². The predicted octanol–water partition coefficient (Wildman–Crippen LogP) is 2.99. The van der Waals surface area contributed by atoms with Gasteiger partial charge >= 0.3 is 0 Å². The van der Waals surface area contributed by atoms with Crippen LogP contribution in [0.2, 0.25) is 0 Å². The van der Waals surface area contributed by atoms with Gasteiger partial charge in [-0.3, -0.25) is 4.79 Å². The zero-order valence-electron chi connectivity index (χ0n) is 12.4. The van der Waals surface area contributed by atoms with E-state index in [4.69, 9.17) is 0 Å². The minimum Gasteiger partial charge on any atom is -0.326 e. The number of hydrogen-bond acceptors (Lipinski definition) is 2. The number of benzene rings is 2. The van der Waals surface area contributed by atoms with Crippen molar-refractivity contribution in [1.82, 2.24) is 5.32 Å². The number of anilines is 1. The van der Waals surface area contributed by atoms with Gasteiger partial charge in [-0.15, -0.1) is 0 Å². The highest BCUT2D eigenvalue weighted by molar-refractivity contribution is 5.99. The lowest BCUT2D eigenvalue weighted by Crippen LogP contribution is -2.19. The van der Waals surface area contributed by atoms with E-state index in [0.717, 1.165) is 17.7 Å². The largest absolute Gasteiger partial charge is 0.326 e. The summed E-state index contributed by atoms with van der Waals surface area (Å²) in [5, 5.41) is 6.27. The summed E-state index contributed by atoms with van der Waals surface area (Å²) in [6.07, 6.45) is 1.44. The van der Waals surface area contributed by atoms with Crippen molar-refractivity contribution in [3.05, 3.63) is 64.7 Å². The van der Waals surface area contributed by atoms with Gasteiger partial charge in [0.2, 0.25) is 5.91 Å². The Labute approximate surface area is 125 Å². The van der Waals surface area contributed by atoms with Gasteiger partial charge in [0.1, 0.15) is 0 Å². The normalized spacial score (nSPS) is 14.7. The maximum Gasteiger partial charge on any atom is 0.228 e. The van der Waals surface area contributed by atoms with Crippen LogP contribution in [0.25, 0.3) is 0 Å². The van der Waals surface area contributed by atoms with E-state index >= 15 is 0 Å². The van der Waals surface area contributed by atoms with Crippen molar-refractivity contribution in [2.24, 2.45) is 0 Å². The van der Waals surface area contributed by atoms with Crippen LogP contribution in [0.15, 0.2) is 42.5 Å². The molecule has 3 heteroatoms. The molecule has 0 saturated heterocycles. The molecule has 0 aromatic heterocycles. The molecule has 1 amide bonds. The highest BCUT2D eigenvalue weighted by atomic mass is 16.1. The molecule has 0 saturated carbocycles. The molecule has 21 heavy (non-hydrogen) atoms. The lowest BCUT2D eigenvalue weighted by atomic mass is 9.94. The Morgan fingerprint density at radius 1 is 1.24 bits per heavy atom. The molecule has 0 bridgehead atoms. The molecule has 2 N–H and O–H groups in total. The van der Waals surface area contributed by atoms with E-state index in [2.05, 4.69) is 54.0 Å². The number of nitrogens with one attached hydrogen (secondary N) is 2. The van der Waals surface area contributed by atoms with Crippen LogP contribution in [0.3, 0.4) is 0 Å². The molecule has 0 radical (unpaired) electrons. The molecule has 1 aliphatic heterocycles. The number of carbonyl (C=O) groups excluding carboxylic acids is 1. The molecular weight excluding hydrogens is 260 g/mol. The summed E-state index contributed by atoms with van der Waals surface area (Å²) in [6, 6.07) is 15.0. The lowest BCUT2D eigenvalue weighted by Gasteiger charge is -2.19. The topological polar surface area (TPSA) is 41.1 Å². The fourth-order valence-corrected chi connectivity index (χ4v) is 2.91. The second-order valence-electron chi connectivity index (χ2n) is 5.61. The summed E-state index contributed by atoms with van der Waals surface area (Å²) >= 11 is 0. The van der Waals surface area contributed by atoms with E-state index in [-0.39, 0.29) is 11.9 Å². The summed E-state index contributed by atoms with van der Waals surface area (Å²) in [5.41, 5.74) is 5.95. The molecule has 2 aromatic rings. The fraction of sp³-hybridized carbons (Fsp3) is 0.278. The van der Waals surface area contributed by atoms with E-state index in [1.54, 1.807) is 0 Å². The van der Waals surface area contributed by atoms with E-state index < -0.39 is 0 Å². The zero-order chi connectivity index (χ0) is 14.8. The zero-order valence-corrected chi connectivity index (χ0v) is 12.4. The van der Waals surface area contributed by atoms with Crippen LogP contribution in [0.4, 0.5) is 5.69 Å². The van der Waals surface area contributed by atoms with Crippen LogP contribution in [-0.2, 0) is 17.6 Å². The van der Waals surface area contributed by atoms with E-state index in [9.17, 15) is 4.79 Å². The summed E-state index contributed by atoms with van der Waals surface area (Å²) in [4.78, 5) is 11.5. The molecule has 1 atom stereocenters. The Balaban J connectivity index is 1.86. The lowest BCUT2D eigenvalue weighted by molar-refractivity contribution is -0.115. The highest BCUT2D eigenvalue weighted by Crippen LogP contribution is 2.28. The van der Waals surface area contributed by atoms with Crippen molar-refractivity contribution in [2.75, 3.05) is 12.4 Å². The van der Waals surface area contributed by atoms with Crippen molar-refractivity contribution in [1.29, 1.82) is 0 Å². The summed E-state index contributed by atoms with van der Waals surface area (Å²) in [6.45, 7) is 2.15. The van der Waals surface area contributed by atoms with Crippen LogP contribution < -0.4 is 10.6 Å². The first-order valence-corrected chi connectivity index (χ1v) is 7.32. The number of aryl methyl sites for hydroxylation is 1. The highest BCUT2D eigenvalue weighted by Gasteiger charge is 2.19. The Hall–Kier alpha value is -2.13. The van der Waals surface area contributed by atoms with Crippen LogP contribution in [-0.4, -0.2) is 13.0 Å². The van der Waals surface area contributed by atoms with Crippen molar-refractivity contribution >= 4 is 11.6 Å². The third-order valence-electron chi connectivity index (χ3n) is 4.19.